The van der Waals surface area contributed by atoms with Crippen LogP contribution in [0.4, 0.5) is 13.2 Å². The minimum absolute atomic E-state index is 0.318. The summed E-state index contributed by atoms with van der Waals surface area (Å²) in [6, 6.07) is 11.3. The molecule has 0 saturated carbocycles. The first-order chi connectivity index (χ1) is 9.99. The Morgan fingerprint density at radius 2 is 1.57 bits per heavy atom. The number of benzene rings is 2. The lowest BCUT2D eigenvalue weighted by Gasteiger charge is -2.10. The maximum absolute atomic E-state index is 12.5. The van der Waals surface area contributed by atoms with Gasteiger partial charge in [0.2, 0.25) is 0 Å². The summed E-state index contributed by atoms with van der Waals surface area (Å²) in [4.78, 5) is 0. The molecule has 0 aliphatic carbocycles. The van der Waals surface area contributed by atoms with Crippen LogP contribution in [0.25, 0.3) is 0 Å². The van der Waals surface area contributed by atoms with E-state index in [1.807, 2.05) is 0 Å². The molecule has 112 valence electrons. The van der Waals surface area contributed by atoms with Crippen LogP contribution >= 0.6 is 0 Å². The van der Waals surface area contributed by atoms with E-state index in [4.69, 9.17) is 15.2 Å². The maximum Gasteiger partial charge on any atom is 0.416 e. The first-order valence-corrected chi connectivity index (χ1v) is 6.27. The molecule has 0 radical (unpaired) electrons. The zero-order chi connectivity index (χ0) is 15.3. The van der Waals surface area contributed by atoms with Crippen LogP contribution in [-0.4, -0.2) is 13.2 Å². The van der Waals surface area contributed by atoms with Gasteiger partial charge in [-0.1, -0.05) is 6.07 Å². The molecule has 0 aliphatic heterocycles. The van der Waals surface area contributed by atoms with Crippen LogP contribution < -0.4 is 15.2 Å². The predicted octanol–water partition coefficient (Wildman–Crippen LogP) is 3.84. The van der Waals surface area contributed by atoms with Crippen molar-refractivity contribution in [2.45, 2.75) is 6.18 Å². The van der Waals surface area contributed by atoms with Crippen LogP contribution in [0, 0.1) is 0 Å². The summed E-state index contributed by atoms with van der Waals surface area (Å²) in [5.74, 6) is 1.38. The number of hydrogen-bond acceptors (Lipinski definition) is 3. The molecule has 0 fully saturated rings. The largest absolute Gasteiger partial charge is 0.492 e. The standard InChI is InChI=1S/C15H14F3NO2/c16-15(17,18)11-4-6-12(7-5-11)21-14-3-1-2-13(10-14)20-9-8-19/h1-7,10H,8-9,19H2. The molecule has 21 heavy (non-hydrogen) atoms. The minimum atomic E-state index is -4.35. The summed E-state index contributed by atoms with van der Waals surface area (Å²) in [6.07, 6.45) is -4.35. The molecule has 0 aromatic heterocycles. The minimum Gasteiger partial charge on any atom is -0.492 e. The fourth-order valence-electron chi connectivity index (χ4n) is 1.65. The summed E-state index contributed by atoms with van der Waals surface area (Å²) < 4.78 is 48.2. The van der Waals surface area contributed by atoms with Crippen LogP contribution in [0.2, 0.25) is 0 Å². The molecule has 0 aliphatic rings. The highest BCUT2D eigenvalue weighted by molar-refractivity contribution is 5.37. The van der Waals surface area contributed by atoms with Gasteiger partial charge in [-0.15, -0.1) is 0 Å². The molecule has 3 nitrogen and oxygen atoms in total. The van der Waals surface area contributed by atoms with Gasteiger partial charge in [0, 0.05) is 12.6 Å². The van der Waals surface area contributed by atoms with Gasteiger partial charge in [-0.2, -0.15) is 13.2 Å². The molecule has 0 bridgehead atoms. The highest BCUT2D eigenvalue weighted by Crippen LogP contribution is 2.31. The van der Waals surface area contributed by atoms with Crippen molar-refractivity contribution in [1.29, 1.82) is 0 Å². The van der Waals surface area contributed by atoms with Crippen molar-refractivity contribution in [3.8, 4) is 17.2 Å². The van der Waals surface area contributed by atoms with Crippen molar-refractivity contribution in [2.75, 3.05) is 13.2 Å². The third-order valence-electron chi connectivity index (χ3n) is 2.61. The predicted molar refractivity (Wildman–Crippen MR) is 72.5 cm³/mol. The molecule has 0 saturated heterocycles. The van der Waals surface area contributed by atoms with Gasteiger partial charge < -0.3 is 15.2 Å². The van der Waals surface area contributed by atoms with E-state index in [2.05, 4.69) is 0 Å². The third kappa shape index (κ3) is 4.39. The van der Waals surface area contributed by atoms with Gasteiger partial charge in [0.1, 0.15) is 23.9 Å². The maximum atomic E-state index is 12.5. The zero-order valence-corrected chi connectivity index (χ0v) is 11.1. The first kappa shape index (κ1) is 15.2. The van der Waals surface area contributed by atoms with Gasteiger partial charge in [0.15, 0.2) is 0 Å². The van der Waals surface area contributed by atoms with E-state index >= 15 is 0 Å². The van der Waals surface area contributed by atoms with Gasteiger partial charge in [-0.3, -0.25) is 0 Å². The molecule has 2 aromatic carbocycles. The number of ether oxygens (including phenoxy) is 2. The molecule has 0 heterocycles. The fraction of sp³-hybridized carbons (Fsp3) is 0.200. The average Bonchev–Trinajstić information content (AvgIpc) is 2.45. The number of rotatable bonds is 5. The first-order valence-electron chi connectivity index (χ1n) is 6.27. The molecule has 0 unspecified atom stereocenters. The monoisotopic (exact) mass is 297 g/mol. The second-order valence-corrected chi connectivity index (χ2v) is 4.24. The Morgan fingerprint density at radius 3 is 2.19 bits per heavy atom. The topological polar surface area (TPSA) is 44.5 Å². The summed E-state index contributed by atoms with van der Waals surface area (Å²) in [5, 5.41) is 0. The number of halogens is 3. The summed E-state index contributed by atoms with van der Waals surface area (Å²) >= 11 is 0. The Bertz CT molecular complexity index is 582. The molecule has 6 heteroatoms. The third-order valence-corrected chi connectivity index (χ3v) is 2.61. The normalized spacial score (nSPS) is 11.2. The van der Waals surface area contributed by atoms with Crippen LogP contribution in [0.1, 0.15) is 5.56 Å². The van der Waals surface area contributed by atoms with E-state index in [-0.39, 0.29) is 0 Å². The van der Waals surface area contributed by atoms with E-state index in [1.165, 1.54) is 12.1 Å². The Balaban J connectivity index is 2.07. The van der Waals surface area contributed by atoms with Gasteiger partial charge in [-0.05, 0) is 36.4 Å². The molecule has 2 rings (SSSR count). The van der Waals surface area contributed by atoms with Crippen molar-refractivity contribution in [3.05, 3.63) is 54.1 Å². The highest BCUT2D eigenvalue weighted by atomic mass is 19.4. The van der Waals surface area contributed by atoms with Crippen molar-refractivity contribution >= 4 is 0 Å². The molecule has 0 atom stereocenters. The molecule has 2 aromatic rings. The Hall–Kier alpha value is -2.21. The molecule has 0 amide bonds. The fourth-order valence-corrected chi connectivity index (χ4v) is 1.65. The van der Waals surface area contributed by atoms with E-state index in [0.29, 0.717) is 30.4 Å². The zero-order valence-electron chi connectivity index (χ0n) is 11.1. The van der Waals surface area contributed by atoms with Gasteiger partial charge in [0.05, 0.1) is 5.56 Å². The lowest BCUT2D eigenvalue weighted by molar-refractivity contribution is -0.137. The van der Waals surface area contributed by atoms with Crippen molar-refractivity contribution < 1.29 is 22.6 Å². The van der Waals surface area contributed by atoms with Crippen molar-refractivity contribution in [3.63, 3.8) is 0 Å². The highest BCUT2D eigenvalue weighted by Gasteiger charge is 2.30. The van der Waals surface area contributed by atoms with E-state index < -0.39 is 11.7 Å². The Kier molecular flexibility index (Phi) is 4.70. The lowest BCUT2D eigenvalue weighted by atomic mass is 10.2. The Morgan fingerprint density at radius 1 is 0.905 bits per heavy atom. The summed E-state index contributed by atoms with van der Waals surface area (Å²) in [6.45, 7) is 0.772. The van der Waals surface area contributed by atoms with Crippen molar-refractivity contribution in [2.24, 2.45) is 5.73 Å². The van der Waals surface area contributed by atoms with Crippen LogP contribution in [0.3, 0.4) is 0 Å². The Labute approximate surface area is 120 Å². The number of nitrogens with two attached hydrogens (primary N) is 1. The molecule has 2 N–H and O–H groups in total. The smallest absolute Gasteiger partial charge is 0.416 e. The van der Waals surface area contributed by atoms with Crippen LogP contribution in [-0.2, 0) is 6.18 Å². The van der Waals surface area contributed by atoms with Gasteiger partial charge in [0.25, 0.3) is 0 Å². The van der Waals surface area contributed by atoms with E-state index in [0.717, 1.165) is 12.1 Å². The number of hydrogen-bond donors (Lipinski definition) is 1. The van der Waals surface area contributed by atoms with E-state index in [9.17, 15) is 13.2 Å². The SMILES string of the molecule is NCCOc1cccc(Oc2ccc(C(F)(F)F)cc2)c1. The summed E-state index contributed by atoms with van der Waals surface area (Å²) in [5.41, 5.74) is 4.63. The lowest BCUT2D eigenvalue weighted by Crippen LogP contribution is -2.10. The quantitative estimate of drug-likeness (QED) is 0.912. The van der Waals surface area contributed by atoms with Gasteiger partial charge in [-0.25, -0.2) is 0 Å². The number of alkyl halides is 3. The van der Waals surface area contributed by atoms with Crippen LogP contribution in [0.5, 0.6) is 17.2 Å². The van der Waals surface area contributed by atoms with Crippen molar-refractivity contribution in [1.82, 2.24) is 0 Å². The molecular formula is C15H14F3NO2. The van der Waals surface area contributed by atoms with E-state index in [1.54, 1.807) is 24.3 Å². The second-order valence-electron chi connectivity index (χ2n) is 4.24. The van der Waals surface area contributed by atoms with Crippen LogP contribution in [0.15, 0.2) is 48.5 Å². The molecule has 0 spiro atoms. The average molecular weight is 297 g/mol. The molecular weight excluding hydrogens is 283 g/mol. The van der Waals surface area contributed by atoms with Gasteiger partial charge >= 0.3 is 6.18 Å². The second kappa shape index (κ2) is 6.49. The summed E-state index contributed by atoms with van der Waals surface area (Å²) in [7, 11) is 0.